The molecule has 4 nitrogen and oxygen atoms in total. The molecule has 1 aliphatic rings. The maximum atomic E-state index is 12.2. The molecule has 0 bridgehead atoms. The summed E-state index contributed by atoms with van der Waals surface area (Å²) in [5.74, 6) is 0.954. The van der Waals surface area contributed by atoms with Crippen LogP contribution >= 0.6 is 11.5 Å². The zero-order valence-electron chi connectivity index (χ0n) is 11.2. The fourth-order valence-corrected chi connectivity index (χ4v) is 3.10. The molecule has 0 amide bonds. The summed E-state index contributed by atoms with van der Waals surface area (Å²) in [6, 6.07) is 9.87. The van der Waals surface area contributed by atoms with Gasteiger partial charge in [-0.1, -0.05) is 36.8 Å². The van der Waals surface area contributed by atoms with Crippen molar-refractivity contribution >= 4 is 17.3 Å². The number of hydrogen-bond acceptors (Lipinski definition) is 5. The summed E-state index contributed by atoms with van der Waals surface area (Å²) in [6.07, 6.45) is 3.64. The van der Waals surface area contributed by atoms with Crippen molar-refractivity contribution in [2.45, 2.75) is 31.7 Å². The lowest BCUT2D eigenvalue weighted by Crippen LogP contribution is -2.41. The maximum Gasteiger partial charge on any atom is 0.173 e. The van der Waals surface area contributed by atoms with Gasteiger partial charge in [-0.05, 0) is 30.9 Å². The Bertz CT molecular complexity index is 576. The van der Waals surface area contributed by atoms with Gasteiger partial charge >= 0.3 is 0 Å². The summed E-state index contributed by atoms with van der Waals surface area (Å²) >= 11 is 1.33. The van der Waals surface area contributed by atoms with Gasteiger partial charge in [-0.3, -0.25) is 4.79 Å². The fourth-order valence-electron chi connectivity index (χ4n) is 2.43. The molecule has 1 N–H and O–H groups in total. The van der Waals surface area contributed by atoms with Crippen LogP contribution in [0.4, 0.5) is 0 Å². The summed E-state index contributed by atoms with van der Waals surface area (Å²) < 4.78 is 4.34. The van der Waals surface area contributed by atoms with Gasteiger partial charge in [-0.2, -0.15) is 4.37 Å². The number of hydrogen-bond donors (Lipinski definition) is 1. The average molecular weight is 287 g/mol. The van der Waals surface area contributed by atoms with E-state index in [0.29, 0.717) is 6.42 Å². The van der Waals surface area contributed by atoms with Crippen molar-refractivity contribution in [3.63, 3.8) is 0 Å². The molecule has 0 saturated carbocycles. The molecule has 2 heterocycles. The number of Topliss-reactive ketones (excluding diaryl/α,β-unsaturated/α-hetero) is 1. The Labute approximate surface area is 122 Å². The predicted molar refractivity (Wildman–Crippen MR) is 79.7 cm³/mol. The second-order valence-corrected chi connectivity index (χ2v) is 5.86. The minimum Gasteiger partial charge on any atom is -0.307 e. The van der Waals surface area contributed by atoms with E-state index in [2.05, 4.69) is 14.7 Å². The van der Waals surface area contributed by atoms with Crippen LogP contribution in [0.1, 0.15) is 24.3 Å². The number of carbonyl (C=O) groups excluding carboxylic acids is 1. The van der Waals surface area contributed by atoms with Crippen LogP contribution in [0.5, 0.6) is 0 Å². The molecule has 1 aromatic carbocycles. The number of ketones is 1. The molecule has 20 heavy (non-hydrogen) atoms. The van der Waals surface area contributed by atoms with Crippen molar-refractivity contribution < 1.29 is 4.79 Å². The first-order valence-corrected chi connectivity index (χ1v) is 7.74. The van der Waals surface area contributed by atoms with E-state index >= 15 is 0 Å². The van der Waals surface area contributed by atoms with E-state index in [-0.39, 0.29) is 11.8 Å². The molecule has 0 radical (unpaired) electrons. The van der Waals surface area contributed by atoms with Gasteiger partial charge in [0.25, 0.3) is 0 Å². The monoisotopic (exact) mass is 287 g/mol. The highest BCUT2D eigenvalue weighted by Gasteiger charge is 2.21. The predicted octanol–water partition coefficient (Wildman–Crippen LogP) is 2.46. The average Bonchev–Trinajstić information content (AvgIpc) is 2.97. The van der Waals surface area contributed by atoms with Crippen molar-refractivity contribution in [1.82, 2.24) is 14.7 Å². The van der Waals surface area contributed by atoms with Gasteiger partial charge in [0.05, 0.1) is 12.5 Å². The largest absolute Gasteiger partial charge is 0.307 e. The first-order chi connectivity index (χ1) is 9.83. The van der Waals surface area contributed by atoms with E-state index in [1.165, 1.54) is 18.0 Å². The molecule has 0 spiro atoms. The van der Waals surface area contributed by atoms with Crippen LogP contribution in [0, 0.1) is 0 Å². The van der Waals surface area contributed by atoms with Crippen LogP contribution in [0.15, 0.2) is 30.3 Å². The summed E-state index contributed by atoms with van der Waals surface area (Å²) in [6.45, 7) is 0.946. The van der Waals surface area contributed by atoms with Crippen LogP contribution in [-0.2, 0) is 11.2 Å². The Hall–Kier alpha value is -1.59. The highest BCUT2D eigenvalue weighted by atomic mass is 32.1. The fraction of sp³-hybridized carbons (Fsp3) is 0.400. The molecule has 104 valence electrons. The molecule has 5 heteroatoms. The van der Waals surface area contributed by atoms with Crippen LogP contribution in [0.2, 0.25) is 0 Å². The third-order valence-electron chi connectivity index (χ3n) is 3.52. The maximum absolute atomic E-state index is 12.2. The van der Waals surface area contributed by atoms with Gasteiger partial charge in [-0.25, -0.2) is 4.98 Å². The van der Waals surface area contributed by atoms with Crippen molar-refractivity contribution in [2.75, 3.05) is 6.54 Å². The zero-order valence-corrected chi connectivity index (χ0v) is 12.0. The van der Waals surface area contributed by atoms with Gasteiger partial charge in [0.15, 0.2) is 11.6 Å². The number of aromatic nitrogens is 2. The van der Waals surface area contributed by atoms with E-state index in [1.54, 1.807) is 0 Å². The lowest BCUT2D eigenvalue weighted by atomic mass is 9.99. The van der Waals surface area contributed by atoms with E-state index in [0.717, 1.165) is 35.8 Å². The molecular weight excluding hydrogens is 270 g/mol. The van der Waals surface area contributed by atoms with Crippen LogP contribution < -0.4 is 5.32 Å². The van der Waals surface area contributed by atoms with Gasteiger partial charge in [-0.15, -0.1) is 0 Å². The molecule has 1 aliphatic heterocycles. The van der Waals surface area contributed by atoms with Crippen molar-refractivity contribution in [3.05, 3.63) is 35.3 Å². The number of rotatable bonds is 4. The first-order valence-electron chi connectivity index (χ1n) is 6.97. The highest BCUT2D eigenvalue weighted by molar-refractivity contribution is 7.05. The molecule has 1 fully saturated rings. The third-order valence-corrected chi connectivity index (χ3v) is 4.24. The second kappa shape index (κ2) is 6.24. The molecule has 1 atom stereocenters. The molecule has 1 saturated heterocycles. The van der Waals surface area contributed by atoms with Gasteiger partial charge in [0.1, 0.15) is 5.01 Å². The van der Waals surface area contributed by atoms with E-state index in [9.17, 15) is 4.79 Å². The smallest absolute Gasteiger partial charge is 0.173 e. The van der Waals surface area contributed by atoms with Gasteiger partial charge < -0.3 is 5.32 Å². The van der Waals surface area contributed by atoms with E-state index in [4.69, 9.17) is 0 Å². The number of carbonyl (C=O) groups is 1. The second-order valence-electron chi connectivity index (χ2n) is 5.02. The molecule has 0 unspecified atom stereocenters. The van der Waals surface area contributed by atoms with E-state index < -0.39 is 0 Å². The SMILES string of the molecule is O=C(Cc1nc(-c2ccccc2)ns1)[C@@H]1CCCCN1. The first kappa shape index (κ1) is 13.4. The Morgan fingerprint density at radius 1 is 1.30 bits per heavy atom. The Morgan fingerprint density at radius 2 is 2.15 bits per heavy atom. The van der Waals surface area contributed by atoms with Crippen molar-refractivity contribution in [3.8, 4) is 11.4 Å². The minimum atomic E-state index is 0.00725. The highest BCUT2D eigenvalue weighted by Crippen LogP contribution is 2.19. The van der Waals surface area contributed by atoms with Gasteiger partial charge in [0.2, 0.25) is 0 Å². The molecular formula is C15H17N3OS. The summed E-state index contributed by atoms with van der Waals surface area (Å²) in [5.41, 5.74) is 0.998. The van der Waals surface area contributed by atoms with Crippen molar-refractivity contribution in [2.24, 2.45) is 0 Å². The lowest BCUT2D eigenvalue weighted by molar-refractivity contribution is -0.120. The Balaban J connectivity index is 1.66. The molecule has 3 rings (SSSR count). The van der Waals surface area contributed by atoms with Crippen LogP contribution in [0.3, 0.4) is 0 Å². The Kier molecular flexibility index (Phi) is 4.18. The molecule has 1 aromatic heterocycles. The molecule has 0 aliphatic carbocycles. The third kappa shape index (κ3) is 3.11. The number of nitrogens with one attached hydrogen (secondary N) is 1. The minimum absolute atomic E-state index is 0.00725. The standard InChI is InChI=1S/C15H17N3OS/c19-13(12-8-4-5-9-16-12)10-14-17-15(18-20-14)11-6-2-1-3-7-11/h1-3,6-7,12,16H,4-5,8-10H2/t12-/m0/s1. The summed E-state index contributed by atoms with van der Waals surface area (Å²) in [7, 11) is 0. The van der Waals surface area contributed by atoms with E-state index in [1.807, 2.05) is 30.3 Å². The Morgan fingerprint density at radius 3 is 2.90 bits per heavy atom. The van der Waals surface area contributed by atoms with Gasteiger partial charge in [0, 0.05) is 5.56 Å². The van der Waals surface area contributed by atoms with Crippen LogP contribution in [-0.4, -0.2) is 27.7 Å². The van der Waals surface area contributed by atoms with Crippen LogP contribution in [0.25, 0.3) is 11.4 Å². The number of piperidine rings is 1. The zero-order chi connectivity index (χ0) is 13.8. The number of nitrogens with zero attached hydrogens (tertiary/aromatic N) is 2. The quantitative estimate of drug-likeness (QED) is 0.938. The van der Waals surface area contributed by atoms with Crippen molar-refractivity contribution in [1.29, 1.82) is 0 Å². The summed E-state index contributed by atoms with van der Waals surface area (Å²) in [5, 5.41) is 4.09. The lowest BCUT2D eigenvalue weighted by Gasteiger charge is -2.21. The number of benzene rings is 1. The summed E-state index contributed by atoms with van der Waals surface area (Å²) in [4.78, 5) is 16.7. The molecule has 2 aromatic rings. The normalized spacial score (nSPS) is 18.9. The topological polar surface area (TPSA) is 54.9 Å².